The molecule has 0 atom stereocenters. The Morgan fingerprint density at radius 3 is 0.727 bits per heavy atom. The first-order chi connectivity index (χ1) is 9.37. The lowest BCUT2D eigenvalue weighted by molar-refractivity contribution is -0.0342. The predicted octanol–water partition coefficient (Wildman–Crippen LogP) is -9.35. The Hall–Kier alpha value is -0.560. The summed E-state index contributed by atoms with van der Waals surface area (Å²) in [6, 6.07) is 0. The number of rotatable bonds is 7. The highest BCUT2D eigenvalue weighted by Gasteiger charge is 2.68. The summed E-state index contributed by atoms with van der Waals surface area (Å²) in [6.07, 6.45) is 0. The van der Waals surface area contributed by atoms with Crippen LogP contribution in [-0.4, -0.2) is 57.4 Å². The van der Waals surface area contributed by atoms with E-state index in [1.165, 1.54) is 0 Å². The monoisotopic (exact) mass is 326 g/mol. The van der Waals surface area contributed by atoms with Crippen molar-refractivity contribution in [1.29, 1.82) is 0 Å². The minimum Gasteiger partial charge on any atom is -0.393 e. The van der Waals surface area contributed by atoms with E-state index in [1.54, 1.807) is 0 Å². The quantitative estimate of drug-likeness (QED) is 0.193. The standard InChI is InChI=1S/C8H30N12O2/c9-3(10,1-21)5(13,14)7(17,18)8(19,20)6(15,16)4(11,12)2-22/h21-22H,1-2,9-20H2. The van der Waals surface area contributed by atoms with Gasteiger partial charge in [0.05, 0.1) is 13.2 Å². The van der Waals surface area contributed by atoms with Gasteiger partial charge in [-0.3, -0.25) is 0 Å². The topological polar surface area (TPSA) is 353 Å². The van der Waals surface area contributed by atoms with Gasteiger partial charge in [0, 0.05) is 0 Å². The molecule has 0 aromatic heterocycles. The van der Waals surface area contributed by atoms with E-state index in [1.807, 2.05) is 0 Å². The summed E-state index contributed by atoms with van der Waals surface area (Å²) in [7, 11) is 0. The SMILES string of the molecule is NC(N)(CO)C(N)(N)C(N)(N)C(N)(N)C(N)(N)C(N)(N)CO. The summed E-state index contributed by atoms with van der Waals surface area (Å²) in [5.74, 6) is 0. The summed E-state index contributed by atoms with van der Waals surface area (Å²) >= 11 is 0. The third kappa shape index (κ3) is 2.60. The Kier molecular flexibility index (Phi) is 5.37. The van der Waals surface area contributed by atoms with E-state index in [0.717, 1.165) is 0 Å². The predicted molar refractivity (Wildman–Crippen MR) is 80.8 cm³/mol. The molecule has 0 saturated heterocycles. The second-order valence-electron chi connectivity index (χ2n) is 5.87. The first-order valence-corrected chi connectivity index (χ1v) is 6.05. The molecule has 0 fully saturated rings. The molecule has 0 aliphatic heterocycles. The minimum atomic E-state index is -2.60. The van der Waals surface area contributed by atoms with E-state index in [-0.39, 0.29) is 0 Å². The van der Waals surface area contributed by atoms with Gasteiger partial charge in [-0.2, -0.15) is 0 Å². The summed E-state index contributed by atoms with van der Waals surface area (Å²) in [5, 5.41) is 18.4. The van der Waals surface area contributed by atoms with Crippen molar-refractivity contribution in [3.63, 3.8) is 0 Å². The molecule has 26 N–H and O–H groups in total. The lowest BCUT2D eigenvalue weighted by atomic mass is 9.68. The molecule has 0 heterocycles. The second-order valence-corrected chi connectivity index (χ2v) is 5.87. The summed E-state index contributed by atoms with van der Waals surface area (Å²) in [6.45, 7) is -1.88. The lowest BCUT2D eigenvalue weighted by Crippen LogP contribution is -3.05. The maximum atomic E-state index is 9.21. The lowest BCUT2D eigenvalue weighted by Gasteiger charge is -2.60. The molecule has 0 aromatic rings. The van der Waals surface area contributed by atoms with Gasteiger partial charge in [-0.1, -0.05) is 0 Å². The van der Waals surface area contributed by atoms with Crippen LogP contribution in [0.25, 0.3) is 0 Å². The molecule has 0 rings (SSSR count). The number of aliphatic hydroxyl groups excluding tert-OH is 2. The zero-order valence-corrected chi connectivity index (χ0v) is 12.2. The summed E-state index contributed by atoms with van der Waals surface area (Å²) < 4.78 is 0. The second kappa shape index (κ2) is 5.51. The molecule has 0 spiro atoms. The third-order valence-electron chi connectivity index (χ3n) is 4.12. The van der Waals surface area contributed by atoms with E-state index >= 15 is 0 Å². The molecule has 0 amide bonds. The van der Waals surface area contributed by atoms with Crippen LogP contribution in [0.5, 0.6) is 0 Å². The van der Waals surface area contributed by atoms with E-state index < -0.39 is 47.2 Å². The fraction of sp³-hybridized carbons (Fsp3) is 1.00. The van der Waals surface area contributed by atoms with Crippen LogP contribution in [0.4, 0.5) is 0 Å². The van der Waals surface area contributed by atoms with Crippen molar-refractivity contribution >= 4 is 0 Å². The Labute approximate surface area is 127 Å². The minimum absolute atomic E-state index is 0.940. The van der Waals surface area contributed by atoms with Crippen LogP contribution < -0.4 is 68.8 Å². The fourth-order valence-corrected chi connectivity index (χ4v) is 1.72. The highest BCUT2D eigenvalue weighted by Crippen LogP contribution is 2.28. The van der Waals surface area contributed by atoms with Gasteiger partial charge in [0.15, 0.2) is 0 Å². The van der Waals surface area contributed by atoms with Gasteiger partial charge in [-0.25, -0.2) is 0 Å². The van der Waals surface area contributed by atoms with Crippen LogP contribution in [0.15, 0.2) is 0 Å². The van der Waals surface area contributed by atoms with Gasteiger partial charge in [-0.15, -0.1) is 0 Å². The molecule has 0 bridgehead atoms. The largest absolute Gasteiger partial charge is 0.393 e. The average molecular weight is 326 g/mol. The third-order valence-corrected chi connectivity index (χ3v) is 4.12. The van der Waals surface area contributed by atoms with Gasteiger partial charge in [0.25, 0.3) is 0 Å². The Morgan fingerprint density at radius 2 is 0.591 bits per heavy atom. The van der Waals surface area contributed by atoms with Gasteiger partial charge in [0.1, 0.15) is 34.0 Å². The number of hydrogen-bond donors (Lipinski definition) is 14. The van der Waals surface area contributed by atoms with Gasteiger partial charge < -0.3 is 79.0 Å². The first-order valence-electron chi connectivity index (χ1n) is 6.05. The van der Waals surface area contributed by atoms with Crippen LogP contribution in [0, 0.1) is 0 Å². The van der Waals surface area contributed by atoms with Crippen LogP contribution in [0.1, 0.15) is 0 Å². The number of hydrogen-bond acceptors (Lipinski definition) is 14. The molecule has 14 nitrogen and oxygen atoms in total. The highest BCUT2D eigenvalue weighted by molar-refractivity contribution is 5.27. The van der Waals surface area contributed by atoms with E-state index in [4.69, 9.17) is 68.8 Å². The smallest absolute Gasteiger partial charge is 0.134 e. The summed E-state index contributed by atoms with van der Waals surface area (Å²) in [5.41, 5.74) is 54.0. The van der Waals surface area contributed by atoms with E-state index in [9.17, 15) is 10.2 Å². The highest BCUT2D eigenvalue weighted by atomic mass is 16.3. The van der Waals surface area contributed by atoms with Crippen LogP contribution in [0.2, 0.25) is 0 Å². The number of nitrogens with two attached hydrogens (primary N) is 12. The Morgan fingerprint density at radius 1 is 0.409 bits per heavy atom. The van der Waals surface area contributed by atoms with Gasteiger partial charge in [-0.05, 0) is 0 Å². The van der Waals surface area contributed by atoms with Gasteiger partial charge in [0.2, 0.25) is 0 Å². The Bertz CT molecular complexity index is 366. The molecule has 0 aliphatic carbocycles. The molecular formula is C8H30N12O2. The van der Waals surface area contributed by atoms with Crippen molar-refractivity contribution in [3.05, 3.63) is 0 Å². The van der Waals surface area contributed by atoms with Crippen molar-refractivity contribution in [2.24, 2.45) is 68.8 Å². The summed E-state index contributed by atoms with van der Waals surface area (Å²) in [4.78, 5) is 0. The molecule has 134 valence electrons. The van der Waals surface area contributed by atoms with Crippen molar-refractivity contribution in [2.75, 3.05) is 13.2 Å². The molecule has 0 saturated carbocycles. The fourth-order valence-electron chi connectivity index (χ4n) is 1.72. The maximum absolute atomic E-state index is 9.21. The molecule has 22 heavy (non-hydrogen) atoms. The van der Waals surface area contributed by atoms with Crippen LogP contribution in [-0.2, 0) is 0 Å². The molecule has 14 heteroatoms. The normalized spacial score (nSPS) is 16.1. The van der Waals surface area contributed by atoms with Crippen LogP contribution in [0.3, 0.4) is 0 Å². The van der Waals surface area contributed by atoms with E-state index in [0.29, 0.717) is 0 Å². The molecule has 0 radical (unpaired) electrons. The van der Waals surface area contributed by atoms with Crippen molar-refractivity contribution in [1.82, 2.24) is 0 Å². The van der Waals surface area contributed by atoms with Crippen molar-refractivity contribution in [3.8, 4) is 0 Å². The first kappa shape index (κ1) is 21.4. The number of aliphatic hydroxyl groups is 2. The van der Waals surface area contributed by atoms with Crippen LogP contribution >= 0.6 is 0 Å². The van der Waals surface area contributed by atoms with Crippen molar-refractivity contribution in [2.45, 2.75) is 34.0 Å². The van der Waals surface area contributed by atoms with Crippen molar-refractivity contribution < 1.29 is 10.2 Å². The maximum Gasteiger partial charge on any atom is 0.134 e. The van der Waals surface area contributed by atoms with Gasteiger partial charge >= 0.3 is 0 Å². The molecular weight excluding hydrogens is 296 g/mol. The zero-order chi connectivity index (χ0) is 18.4. The average Bonchev–Trinajstić information content (AvgIpc) is 2.37. The molecule has 0 aliphatic rings. The molecule has 0 unspecified atom stereocenters. The Balaban J connectivity index is 6.19. The zero-order valence-electron chi connectivity index (χ0n) is 12.2. The molecule has 0 aromatic carbocycles. The van der Waals surface area contributed by atoms with E-state index in [2.05, 4.69) is 0 Å².